The predicted molar refractivity (Wildman–Crippen MR) is 106 cm³/mol. The van der Waals surface area contributed by atoms with Crippen LogP contribution in [0.2, 0.25) is 5.02 Å². The van der Waals surface area contributed by atoms with E-state index >= 15 is 0 Å². The van der Waals surface area contributed by atoms with Gasteiger partial charge in [-0.1, -0.05) is 48.0 Å². The van der Waals surface area contributed by atoms with Crippen molar-refractivity contribution in [3.63, 3.8) is 0 Å². The Balaban J connectivity index is 1.94. The van der Waals surface area contributed by atoms with Crippen molar-refractivity contribution in [2.75, 3.05) is 24.2 Å². The van der Waals surface area contributed by atoms with Crippen LogP contribution in [-0.4, -0.2) is 39.1 Å². The molecule has 0 saturated carbocycles. The Morgan fingerprint density at radius 1 is 1.08 bits per heavy atom. The zero-order valence-corrected chi connectivity index (χ0v) is 16.5. The topological polar surface area (TPSA) is 57.7 Å². The van der Waals surface area contributed by atoms with Crippen LogP contribution in [0, 0.1) is 0 Å². The van der Waals surface area contributed by atoms with Gasteiger partial charge < -0.3 is 4.90 Å². The zero-order chi connectivity index (χ0) is 19.2. The molecular formula is C19H23ClN2O3S. The maximum absolute atomic E-state index is 12.3. The van der Waals surface area contributed by atoms with Crippen LogP contribution in [0.3, 0.4) is 0 Å². The van der Waals surface area contributed by atoms with E-state index in [1.807, 2.05) is 30.3 Å². The minimum atomic E-state index is -3.45. The highest BCUT2D eigenvalue weighted by Gasteiger charge is 2.18. The molecule has 26 heavy (non-hydrogen) atoms. The van der Waals surface area contributed by atoms with Crippen molar-refractivity contribution >= 4 is 33.2 Å². The molecule has 0 bridgehead atoms. The normalized spacial score (nSPS) is 11.2. The van der Waals surface area contributed by atoms with E-state index in [2.05, 4.69) is 0 Å². The van der Waals surface area contributed by atoms with Crippen LogP contribution < -0.4 is 4.31 Å². The summed E-state index contributed by atoms with van der Waals surface area (Å²) in [4.78, 5) is 14.0. The molecule has 5 nitrogen and oxygen atoms in total. The van der Waals surface area contributed by atoms with Gasteiger partial charge in [0.25, 0.3) is 0 Å². The van der Waals surface area contributed by atoms with Crippen LogP contribution in [0.15, 0.2) is 54.6 Å². The van der Waals surface area contributed by atoms with E-state index in [4.69, 9.17) is 11.6 Å². The van der Waals surface area contributed by atoms with E-state index in [0.29, 0.717) is 23.7 Å². The Kier molecular flexibility index (Phi) is 7.06. The maximum atomic E-state index is 12.3. The third kappa shape index (κ3) is 6.04. The van der Waals surface area contributed by atoms with Crippen molar-refractivity contribution < 1.29 is 13.2 Å². The number of amides is 1. The first kappa shape index (κ1) is 20.3. The Morgan fingerprint density at radius 3 is 2.38 bits per heavy atom. The van der Waals surface area contributed by atoms with Gasteiger partial charge in [0.05, 0.1) is 11.9 Å². The molecule has 0 aliphatic carbocycles. The van der Waals surface area contributed by atoms with Crippen molar-refractivity contribution in [1.82, 2.24) is 4.90 Å². The number of nitrogens with zero attached hydrogens (tertiary/aromatic N) is 2. The zero-order valence-electron chi connectivity index (χ0n) is 14.9. The lowest BCUT2D eigenvalue weighted by Crippen LogP contribution is -2.32. The Morgan fingerprint density at radius 2 is 1.77 bits per heavy atom. The van der Waals surface area contributed by atoms with E-state index < -0.39 is 10.0 Å². The molecule has 7 heteroatoms. The van der Waals surface area contributed by atoms with Crippen LogP contribution in [0.25, 0.3) is 0 Å². The van der Waals surface area contributed by atoms with E-state index in [1.54, 1.807) is 36.2 Å². The fraction of sp³-hybridized carbons (Fsp3) is 0.316. The standard InChI is InChI=1S/C19H23ClN2O3S/c1-21(15-16-8-4-3-5-9-16)19(23)12-7-13-22(26(2,24)25)18-11-6-10-17(20)14-18/h3-6,8-11,14H,7,12-13,15H2,1-2H3. The van der Waals surface area contributed by atoms with E-state index in [9.17, 15) is 13.2 Å². The Hall–Kier alpha value is -2.05. The summed E-state index contributed by atoms with van der Waals surface area (Å²) >= 11 is 5.96. The summed E-state index contributed by atoms with van der Waals surface area (Å²) in [5.41, 5.74) is 1.56. The second-order valence-electron chi connectivity index (χ2n) is 6.15. The largest absolute Gasteiger partial charge is 0.341 e. The number of sulfonamides is 1. The smallest absolute Gasteiger partial charge is 0.232 e. The Bertz CT molecular complexity index is 841. The summed E-state index contributed by atoms with van der Waals surface area (Å²) in [7, 11) is -1.70. The van der Waals surface area contributed by atoms with Crippen LogP contribution >= 0.6 is 11.6 Å². The van der Waals surface area contributed by atoms with Gasteiger partial charge in [0, 0.05) is 31.6 Å². The molecule has 0 heterocycles. The summed E-state index contributed by atoms with van der Waals surface area (Å²) in [6, 6.07) is 16.4. The number of carbonyl (C=O) groups is 1. The molecular weight excluding hydrogens is 372 g/mol. The molecule has 0 radical (unpaired) electrons. The van der Waals surface area contributed by atoms with Crippen LogP contribution in [0.4, 0.5) is 5.69 Å². The molecule has 0 atom stereocenters. The average molecular weight is 395 g/mol. The summed E-state index contributed by atoms with van der Waals surface area (Å²) in [6.07, 6.45) is 1.85. The fourth-order valence-corrected chi connectivity index (χ4v) is 3.77. The van der Waals surface area contributed by atoms with Gasteiger partial charge in [-0.25, -0.2) is 8.42 Å². The lowest BCUT2D eigenvalue weighted by molar-refractivity contribution is -0.130. The highest BCUT2D eigenvalue weighted by atomic mass is 35.5. The fourth-order valence-electron chi connectivity index (χ4n) is 2.63. The molecule has 0 N–H and O–H groups in total. The van der Waals surface area contributed by atoms with E-state index in [0.717, 1.165) is 11.8 Å². The summed E-state index contributed by atoms with van der Waals surface area (Å²) in [5.74, 6) is -0.0200. The number of carbonyl (C=O) groups excluding carboxylic acids is 1. The number of benzene rings is 2. The molecule has 0 aliphatic heterocycles. The lowest BCUT2D eigenvalue weighted by atomic mass is 10.2. The van der Waals surface area contributed by atoms with Crippen LogP contribution in [0.5, 0.6) is 0 Å². The van der Waals surface area contributed by atoms with Gasteiger partial charge in [-0.3, -0.25) is 9.10 Å². The van der Waals surface area contributed by atoms with Crippen molar-refractivity contribution in [3.05, 3.63) is 65.2 Å². The summed E-state index contributed by atoms with van der Waals surface area (Å²) < 4.78 is 25.4. The number of hydrogen-bond acceptors (Lipinski definition) is 3. The molecule has 1 amide bonds. The third-order valence-corrected chi connectivity index (χ3v) is 5.37. The maximum Gasteiger partial charge on any atom is 0.232 e. The molecule has 140 valence electrons. The highest BCUT2D eigenvalue weighted by molar-refractivity contribution is 7.92. The number of hydrogen-bond donors (Lipinski definition) is 0. The molecule has 2 aromatic rings. The molecule has 0 saturated heterocycles. The molecule has 0 fully saturated rings. The van der Waals surface area contributed by atoms with E-state index in [1.165, 1.54) is 4.31 Å². The second kappa shape index (κ2) is 9.05. The van der Waals surface area contributed by atoms with Gasteiger partial charge in [-0.15, -0.1) is 0 Å². The lowest BCUT2D eigenvalue weighted by Gasteiger charge is -2.23. The average Bonchev–Trinajstić information content (AvgIpc) is 2.58. The van der Waals surface area contributed by atoms with Gasteiger partial charge in [0.15, 0.2) is 0 Å². The molecule has 2 rings (SSSR count). The third-order valence-electron chi connectivity index (χ3n) is 3.94. The molecule has 2 aromatic carbocycles. The molecule has 0 unspecified atom stereocenters. The van der Waals surface area contributed by atoms with Crippen molar-refractivity contribution in [3.8, 4) is 0 Å². The van der Waals surface area contributed by atoms with Gasteiger partial charge in [-0.2, -0.15) is 0 Å². The first-order chi connectivity index (χ1) is 12.3. The summed E-state index contributed by atoms with van der Waals surface area (Å²) in [6.45, 7) is 0.758. The predicted octanol–water partition coefficient (Wildman–Crippen LogP) is 3.54. The highest BCUT2D eigenvalue weighted by Crippen LogP contribution is 2.22. The first-order valence-electron chi connectivity index (χ1n) is 8.28. The van der Waals surface area contributed by atoms with Crippen molar-refractivity contribution in [2.45, 2.75) is 19.4 Å². The minimum Gasteiger partial charge on any atom is -0.341 e. The molecule has 0 aliphatic rings. The number of halogens is 1. The SMILES string of the molecule is CN(Cc1ccccc1)C(=O)CCCN(c1cccc(Cl)c1)S(C)(=O)=O. The van der Waals surface area contributed by atoms with E-state index in [-0.39, 0.29) is 18.9 Å². The van der Waals surface area contributed by atoms with Crippen LogP contribution in [-0.2, 0) is 21.4 Å². The van der Waals surface area contributed by atoms with Crippen LogP contribution in [0.1, 0.15) is 18.4 Å². The second-order valence-corrected chi connectivity index (χ2v) is 8.50. The molecule has 0 aromatic heterocycles. The minimum absolute atomic E-state index is 0.0200. The Labute approximate surface area is 160 Å². The first-order valence-corrected chi connectivity index (χ1v) is 10.5. The van der Waals surface area contributed by atoms with Crippen molar-refractivity contribution in [2.24, 2.45) is 0 Å². The van der Waals surface area contributed by atoms with Gasteiger partial charge in [0.2, 0.25) is 15.9 Å². The van der Waals surface area contributed by atoms with Gasteiger partial charge in [0.1, 0.15) is 0 Å². The van der Waals surface area contributed by atoms with Gasteiger partial charge >= 0.3 is 0 Å². The monoisotopic (exact) mass is 394 g/mol. The molecule has 0 spiro atoms. The number of rotatable bonds is 8. The van der Waals surface area contributed by atoms with Crippen molar-refractivity contribution in [1.29, 1.82) is 0 Å². The number of anilines is 1. The quantitative estimate of drug-likeness (QED) is 0.688. The summed E-state index contributed by atoms with van der Waals surface area (Å²) in [5, 5.41) is 0.467. The van der Waals surface area contributed by atoms with Gasteiger partial charge in [-0.05, 0) is 30.2 Å².